The Hall–Kier alpha value is -3.55. The van der Waals surface area contributed by atoms with Crippen LogP contribution in [0.4, 0.5) is 0 Å². The number of benzene rings is 2. The molecule has 3 aromatic heterocycles. The first kappa shape index (κ1) is 19.2. The molecule has 1 aliphatic rings. The second-order valence-electron chi connectivity index (χ2n) is 8.31. The number of hydrogen-bond acceptors (Lipinski definition) is 5. The monoisotopic (exact) mass is 426 g/mol. The maximum absolute atomic E-state index is 13.5. The molecule has 0 radical (unpaired) electrons. The summed E-state index contributed by atoms with van der Waals surface area (Å²) in [6.45, 7) is 0.803. The SMILES string of the molecule is O=c1c2cc(Cc3cn4ccccc4n3)c3ccccc3c2ncn1[C@H]1COCC[C@@H]1O. The van der Waals surface area contributed by atoms with E-state index in [-0.39, 0.29) is 5.56 Å². The van der Waals surface area contributed by atoms with Crippen molar-refractivity contribution in [3.8, 4) is 0 Å². The Morgan fingerprint density at radius 2 is 1.94 bits per heavy atom. The average Bonchev–Trinajstić information content (AvgIpc) is 3.23. The molecule has 5 aromatic rings. The number of aliphatic hydroxyl groups is 1. The first-order valence-electron chi connectivity index (χ1n) is 10.8. The Morgan fingerprint density at radius 3 is 2.78 bits per heavy atom. The van der Waals surface area contributed by atoms with Crippen molar-refractivity contribution in [3.63, 3.8) is 0 Å². The van der Waals surface area contributed by atoms with Crippen LogP contribution in [0.15, 0.2) is 72.0 Å². The molecule has 2 atom stereocenters. The second-order valence-corrected chi connectivity index (χ2v) is 8.31. The highest BCUT2D eigenvalue weighted by Gasteiger charge is 2.27. The molecule has 7 heteroatoms. The van der Waals surface area contributed by atoms with Gasteiger partial charge < -0.3 is 14.2 Å². The van der Waals surface area contributed by atoms with E-state index in [9.17, 15) is 9.90 Å². The van der Waals surface area contributed by atoms with Crippen molar-refractivity contribution in [2.75, 3.05) is 13.2 Å². The lowest BCUT2D eigenvalue weighted by Gasteiger charge is -2.29. The van der Waals surface area contributed by atoms with Crippen LogP contribution in [0.3, 0.4) is 0 Å². The third-order valence-corrected chi connectivity index (χ3v) is 6.31. The lowest BCUT2D eigenvalue weighted by Crippen LogP contribution is -2.39. The lowest BCUT2D eigenvalue weighted by atomic mass is 9.97. The van der Waals surface area contributed by atoms with Crippen molar-refractivity contribution >= 4 is 27.3 Å². The Labute approximate surface area is 183 Å². The van der Waals surface area contributed by atoms with Crippen LogP contribution in [-0.2, 0) is 11.2 Å². The molecule has 0 aliphatic carbocycles. The lowest BCUT2D eigenvalue weighted by molar-refractivity contribution is -0.0303. The highest BCUT2D eigenvalue weighted by atomic mass is 16.5. The maximum atomic E-state index is 13.5. The Morgan fingerprint density at radius 1 is 1.09 bits per heavy atom. The van der Waals surface area contributed by atoms with Gasteiger partial charge in [-0.3, -0.25) is 9.36 Å². The number of imidazole rings is 1. The molecule has 1 saturated heterocycles. The van der Waals surface area contributed by atoms with E-state index in [1.807, 2.05) is 59.3 Å². The standard InChI is InChI=1S/C25H22N4O3/c30-22-8-10-32-14-21(22)29-15-26-24-19-6-2-1-5-18(19)16(12-20(24)25(29)31)11-17-13-28-9-4-3-7-23(28)27-17/h1-7,9,12-13,15,21-22,30H,8,10-11,14H2/t21-,22-/m0/s1. The van der Waals surface area contributed by atoms with Gasteiger partial charge >= 0.3 is 0 Å². The number of fused-ring (bicyclic) bond motifs is 4. The molecule has 6 rings (SSSR count). The summed E-state index contributed by atoms with van der Waals surface area (Å²) in [5.41, 5.74) is 3.36. The van der Waals surface area contributed by atoms with Crippen molar-refractivity contribution in [2.45, 2.75) is 25.0 Å². The second kappa shape index (κ2) is 7.55. The van der Waals surface area contributed by atoms with E-state index in [1.54, 1.807) is 6.33 Å². The number of aromatic nitrogens is 4. The Balaban J connectivity index is 1.53. The highest BCUT2D eigenvalue weighted by molar-refractivity contribution is 6.06. The van der Waals surface area contributed by atoms with E-state index in [4.69, 9.17) is 9.72 Å². The van der Waals surface area contributed by atoms with Gasteiger partial charge in [-0.25, -0.2) is 9.97 Å². The number of ether oxygens (including phenoxy) is 1. The van der Waals surface area contributed by atoms with E-state index >= 15 is 0 Å². The Bertz CT molecular complexity index is 1490. The van der Waals surface area contributed by atoms with E-state index in [1.165, 1.54) is 4.57 Å². The number of pyridine rings is 1. The third-order valence-electron chi connectivity index (χ3n) is 6.31. The molecule has 32 heavy (non-hydrogen) atoms. The quantitative estimate of drug-likeness (QED) is 0.449. The largest absolute Gasteiger partial charge is 0.391 e. The molecule has 7 nitrogen and oxygen atoms in total. The summed E-state index contributed by atoms with van der Waals surface area (Å²) in [6.07, 6.45) is 6.02. The van der Waals surface area contributed by atoms with E-state index in [2.05, 4.69) is 11.1 Å². The van der Waals surface area contributed by atoms with Gasteiger partial charge in [-0.15, -0.1) is 0 Å². The van der Waals surface area contributed by atoms with Crippen LogP contribution in [0.25, 0.3) is 27.3 Å². The zero-order valence-electron chi connectivity index (χ0n) is 17.4. The fourth-order valence-electron chi connectivity index (χ4n) is 4.68. The van der Waals surface area contributed by atoms with Crippen molar-refractivity contribution < 1.29 is 9.84 Å². The average molecular weight is 426 g/mol. The molecular formula is C25H22N4O3. The van der Waals surface area contributed by atoms with Gasteiger partial charge in [-0.05, 0) is 35.6 Å². The van der Waals surface area contributed by atoms with Crippen molar-refractivity contribution in [1.29, 1.82) is 0 Å². The van der Waals surface area contributed by atoms with Crippen LogP contribution in [-0.4, -0.2) is 43.4 Å². The molecule has 0 spiro atoms. The van der Waals surface area contributed by atoms with Crippen LogP contribution >= 0.6 is 0 Å². The molecule has 1 fully saturated rings. The van der Waals surface area contributed by atoms with Crippen LogP contribution in [0.1, 0.15) is 23.7 Å². The third kappa shape index (κ3) is 3.09. The predicted octanol–water partition coefficient (Wildman–Crippen LogP) is 3.11. The topological polar surface area (TPSA) is 81.7 Å². The number of nitrogens with zero attached hydrogens (tertiary/aromatic N) is 4. The molecule has 4 heterocycles. The molecule has 1 aliphatic heterocycles. The summed E-state index contributed by atoms with van der Waals surface area (Å²) in [5.74, 6) is 0. The Kier molecular flexibility index (Phi) is 4.52. The zero-order valence-corrected chi connectivity index (χ0v) is 17.4. The smallest absolute Gasteiger partial charge is 0.261 e. The molecule has 0 bridgehead atoms. The minimum absolute atomic E-state index is 0.161. The van der Waals surface area contributed by atoms with Crippen molar-refractivity contribution in [2.24, 2.45) is 0 Å². The van der Waals surface area contributed by atoms with E-state index in [0.717, 1.165) is 27.7 Å². The van der Waals surface area contributed by atoms with E-state index < -0.39 is 12.1 Å². The van der Waals surface area contributed by atoms with Crippen molar-refractivity contribution in [1.82, 2.24) is 18.9 Å². The van der Waals surface area contributed by atoms with Gasteiger partial charge in [0.1, 0.15) is 5.65 Å². The number of aliphatic hydroxyl groups excluding tert-OH is 1. The summed E-state index contributed by atoms with van der Waals surface area (Å²) in [4.78, 5) is 22.9. The molecule has 0 saturated carbocycles. The van der Waals surface area contributed by atoms with Crippen molar-refractivity contribution in [3.05, 3.63) is 88.9 Å². The van der Waals surface area contributed by atoms with Crippen LogP contribution < -0.4 is 5.56 Å². The van der Waals surface area contributed by atoms with Gasteiger partial charge in [0.25, 0.3) is 5.56 Å². The summed E-state index contributed by atoms with van der Waals surface area (Å²) in [7, 11) is 0. The molecule has 1 N–H and O–H groups in total. The number of hydrogen-bond donors (Lipinski definition) is 1. The maximum Gasteiger partial charge on any atom is 0.261 e. The minimum atomic E-state index is -0.626. The summed E-state index contributed by atoms with van der Waals surface area (Å²) >= 11 is 0. The predicted molar refractivity (Wildman–Crippen MR) is 122 cm³/mol. The summed E-state index contributed by atoms with van der Waals surface area (Å²) < 4.78 is 9.04. The number of rotatable bonds is 3. The fourth-order valence-corrected chi connectivity index (χ4v) is 4.68. The minimum Gasteiger partial charge on any atom is -0.391 e. The molecular weight excluding hydrogens is 404 g/mol. The van der Waals surface area contributed by atoms with Crippen LogP contribution in [0, 0.1) is 0 Å². The zero-order chi connectivity index (χ0) is 21.7. The van der Waals surface area contributed by atoms with Gasteiger partial charge in [-0.1, -0.05) is 30.3 Å². The highest BCUT2D eigenvalue weighted by Crippen LogP contribution is 2.28. The first-order chi connectivity index (χ1) is 15.7. The van der Waals surface area contributed by atoms with Gasteiger partial charge in [0, 0.05) is 30.8 Å². The molecule has 0 amide bonds. The van der Waals surface area contributed by atoms with Gasteiger partial charge in [0.05, 0.1) is 41.7 Å². The van der Waals surface area contributed by atoms with Crippen LogP contribution in [0.2, 0.25) is 0 Å². The molecule has 2 aromatic carbocycles. The summed E-state index contributed by atoms with van der Waals surface area (Å²) in [5, 5.41) is 13.0. The van der Waals surface area contributed by atoms with E-state index in [0.29, 0.717) is 37.0 Å². The normalized spacial score (nSPS) is 19.2. The van der Waals surface area contributed by atoms with Gasteiger partial charge in [0.2, 0.25) is 0 Å². The van der Waals surface area contributed by atoms with Gasteiger partial charge in [0.15, 0.2) is 0 Å². The summed E-state index contributed by atoms with van der Waals surface area (Å²) in [6, 6.07) is 15.4. The van der Waals surface area contributed by atoms with Gasteiger partial charge in [-0.2, -0.15) is 0 Å². The van der Waals surface area contributed by atoms with Crippen LogP contribution in [0.5, 0.6) is 0 Å². The fraction of sp³-hybridized carbons (Fsp3) is 0.240. The molecule has 160 valence electrons. The first-order valence-corrected chi connectivity index (χ1v) is 10.8. The molecule has 0 unspecified atom stereocenters.